The molecule has 0 amide bonds. The van der Waals surface area contributed by atoms with Crippen molar-refractivity contribution in [3.63, 3.8) is 0 Å². The van der Waals surface area contributed by atoms with E-state index in [-0.39, 0.29) is 11.1 Å². The van der Waals surface area contributed by atoms with Gasteiger partial charge in [0.1, 0.15) is 11.1 Å². The molecular weight excluding hydrogens is 244 g/mol. The van der Waals surface area contributed by atoms with Gasteiger partial charge in [-0.2, -0.15) is 10.2 Å². The Kier molecular flexibility index (Phi) is 4.42. The van der Waals surface area contributed by atoms with Crippen molar-refractivity contribution in [3.05, 3.63) is 48.6 Å². The minimum atomic E-state index is -0.175. The van der Waals surface area contributed by atoms with Crippen molar-refractivity contribution in [2.75, 3.05) is 0 Å². The molecule has 0 N–H and O–H groups in total. The molecule has 0 spiro atoms. The second-order valence-corrected chi connectivity index (χ2v) is 6.47. The van der Waals surface area contributed by atoms with Gasteiger partial charge in [0.2, 0.25) is 0 Å². The average molecular weight is 270 g/mol. The topological polar surface area (TPSA) is 24.7 Å². The van der Waals surface area contributed by atoms with Crippen LogP contribution in [-0.4, -0.2) is 11.1 Å². The van der Waals surface area contributed by atoms with E-state index in [4.69, 9.17) is 10.2 Å². The fourth-order valence-electron chi connectivity index (χ4n) is 2.67. The summed E-state index contributed by atoms with van der Waals surface area (Å²) in [7, 11) is 0. The van der Waals surface area contributed by atoms with Crippen LogP contribution in [0.15, 0.2) is 58.8 Å². The van der Waals surface area contributed by atoms with Gasteiger partial charge in [0, 0.05) is 0 Å². The molecule has 108 valence electrons. The Balaban J connectivity index is 2.29. The highest BCUT2D eigenvalue weighted by Crippen LogP contribution is 2.36. The molecule has 0 aliphatic heterocycles. The molecule has 0 aromatic carbocycles. The van der Waals surface area contributed by atoms with Crippen LogP contribution < -0.4 is 0 Å². The van der Waals surface area contributed by atoms with Crippen molar-refractivity contribution in [3.8, 4) is 0 Å². The van der Waals surface area contributed by atoms with Gasteiger partial charge < -0.3 is 0 Å². The van der Waals surface area contributed by atoms with E-state index in [1.165, 1.54) is 0 Å². The first-order chi connectivity index (χ1) is 9.51. The molecule has 0 aromatic heterocycles. The van der Waals surface area contributed by atoms with Crippen molar-refractivity contribution in [1.82, 2.24) is 0 Å². The molecule has 0 saturated heterocycles. The summed E-state index contributed by atoms with van der Waals surface area (Å²) < 4.78 is 0. The molecular formula is C18H26N2. The second kappa shape index (κ2) is 5.90. The zero-order valence-electron chi connectivity index (χ0n) is 13.1. The molecule has 0 radical (unpaired) electrons. The van der Waals surface area contributed by atoms with Crippen LogP contribution in [0.3, 0.4) is 0 Å². The fraction of sp³-hybridized carbons (Fsp3) is 0.556. The maximum Gasteiger partial charge on any atom is 0.106 e. The predicted octanol–water partition coefficient (Wildman–Crippen LogP) is 5.26. The van der Waals surface area contributed by atoms with Crippen molar-refractivity contribution in [2.45, 2.75) is 51.6 Å². The summed E-state index contributed by atoms with van der Waals surface area (Å²) in [6.07, 6.45) is 19.1. The first-order valence-electron chi connectivity index (χ1n) is 7.63. The Morgan fingerprint density at radius 3 is 1.35 bits per heavy atom. The van der Waals surface area contributed by atoms with Crippen molar-refractivity contribution in [1.29, 1.82) is 0 Å². The molecule has 20 heavy (non-hydrogen) atoms. The third-order valence-electron chi connectivity index (χ3n) is 4.58. The highest BCUT2D eigenvalue weighted by Gasteiger charge is 2.35. The van der Waals surface area contributed by atoms with E-state index in [0.717, 1.165) is 12.8 Å². The van der Waals surface area contributed by atoms with E-state index in [2.05, 4.69) is 76.3 Å². The highest BCUT2D eigenvalue weighted by atomic mass is 15.2. The quantitative estimate of drug-likeness (QED) is 0.622. The number of hydrogen-bond acceptors (Lipinski definition) is 2. The molecule has 2 aliphatic carbocycles. The van der Waals surface area contributed by atoms with Crippen LogP contribution in [0.25, 0.3) is 0 Å². The maximum atomic E-state index is 4.83. The molecule has 0 fully saturated rings. The summed E-state index contributed by atoms with van der Waals surface area (Å²) in [6, 6.07) is 0. The van der Waals surface area contributed by atoms with E-state index in [1.807, 2.05) is 0 Å². The average Bonchev–Trinajstić information content (AvgIpc) is 2.47. The van der Waals surface area contributed by atoms with Gasteiger partial charge in [-0.25, -0.2) is 0 Å². The SMILES string of the molecule is CC(C)C1(N=NC2(C(C)C)C=CC=CC2)C=CC=CC1. The van der Waals surface area contributed by atoms with E-state index < -0.39 is 0 Å². The lowest BCUT2D eigenvalue weighted by molar-refractivity contribution is 0.316. The number of nitrogens with zero attached hydrogens (tertiary/aromatic N) is 2. The van der Waals surface area contributed by atoms with Crippen molar-refractivity contribution in [2.24, 2.45) is 22.1 Å². The largest absolute Gasteiger partial charge is 0.182 e. The number of azo groups is 1. The van der Waals surface area contributed by atoms with Crippen LogP contribution in [0.2, 0.25) is 0 Å². The third-order valence-corrected chi connectivity index (χ3v) is 4.58. The van der Waals surface area contributed by atoms with Crippen LogP contribution >= 0.6 is 0 Å². The summed E-state index contributed by atoms with van der Waals surface area (Å²) in [5.74, 6) is 0.888. The molecule has 2 heteroatoms. The van der Waals surface area contributed by atoms with Gasteiger partial charge in [-0.1, -0.05) is 76.3 Å². The molecule has 2 unspecified atom stereocenters. The molecule has 2 atom stereocenters. The zero-order chi connectivity index (χ0) is 14.6. The van der Waals surface area contributed by atoms with Crippen LogP contribution in [0.4, 0.5) is 0 Å². The van der Waals surface area contributed by atoms with E-state index in [1.54, 1.807) is 0 Å². The molecule has 0 aromatic rings. The van der Waals surface area contributed by atoms with Gasteiger partial charge in [-0.05, 0) is 24.7 Å². The maximum absolute atomic E-state index is 4.83. The Labute approximate surface area is 123 Å². The number of allylic oxidation sites excluding steroid dienone is 4. The minimum Gasteiger partial charge on any atom is -0.182 e. The molecule has 2 aliphatic rings. The second-order valence-electron chi connectivity index (χ2n) is 6.47. The van der Waals surface area contributed by atoms with Crippen molar-refractivity contribution >= 4 is 0 Å². The van der Waals surface area contributed by atoms with E-state index in [0.29, 0.717) is 11.8 Å². The van der Waals surface area contributed by atoms with Crippen LogP contribution in [0.5, 0.6) is 0 Å². The first-order valence-corrected chi connectivity index (χ1v) is 7.63. The van der Waals surface area contributed by atoms with E-state index >= 15 is 0 Å². The van der Waals surface area contributed by atoms with Gasteiger partial charge in [-0.15, -0.1) is 0 Å². The molecule has 2 rings (SSSR count). The monoisotopic (exact) mass is 270 g/mol. The zero-order valence-corrected chi connectivity index (χ0v) is 13.1. The summed E-state index contributed by atoms with van der Waals surface area (Å²) >= 11 is 0. The van der Waals surface area contributed by atoms with Crippen LogP contribution in [0.1, 0.15) is 40.5 Å². The Bertz CT molecular complexity index is 436. The first kappa shape index (κ1) is 15.0. The predicted molar refractivity (Wildman–Crippen MR) is 85.8 cm³/mol. The van der Waals surface area contributed by atoms with Gasteiger partial charge in [-0.3, -0.25) is 0 Å². The van der Waals surface area contributed by atoms with Gasteiger partial charge in [0.25, 0.3) is 0 Å². The fourth-order valence-corrected chi connectivity index (χ4v) is 2.67. The standard InChI is InChI=1S/C18H26N2/c1-15(2)17(11-7-5-8-12-17)19-20-18(16(3)4)13-9-6-10-14-18/h5-11,13,15-16H,12,14H2,1-4H3. The highest BCUT2D eigenvalue weighted by molar-refractivity contribution is 5.24. The molecule has 0 heterocycles. The summed E-state index contributed by atoms with van der Waals surface area (Å²) in [6.45, 7) is 8.89. The number of hydrogen-bond donors (Lipinski definition) is 0. The lowest BCUT2D eigenvalue weighted by Gasteiger charge is -2.34. The summed E-state index contributed by atoms with van der Waals surface area (Å²) in [5.41, 5.74) is -0.350. The smallest absolute Gasteiger partial charge is 0.106 e. The summed E-state index contributed by atoms with van der Waals surface area (Å²) in [5, 5.41) is 9.67. The van der Waals surface area contributed by atoms with Crippen LogP contribution in [0, 0.1) is 11.8 Å². The molecule has 0 saturated carbocycles. The molecule has 0 bridgehead atoms. The third kappa shape index (κ3) is 2.84. The Morgan fingerprint density at radius 2 is 1.10 bits per heavy atom. The molecule has 2 nitrogen and oxygen atoms in total. The lowest BCUT2D eigenvalue weighted by atomic mass is 9.80. The Morgan fingerprint density at radius 1 is 0.700 bits per heavy atom. The van der Waals surface area contributed by atoms with Gasteiger partial charge in [0.05, 0.1) is 0 Å². The van der Waals surface area contributed by atoms with Gasteiger partial charge in [0.15, 0.2) is 0 Å². The minimum absolute atomic E-state index is 0.175. The lowest BCUT2D eigenvalue weighted by Crippen LogP contribution is -2.35. The Hall–Kier alpha value is -1.44. The van der Waals surface area contributed by atoms with E-state index in [9.17, 15) is 0 Å². The van der Waals surface area contributed by atoms with Gasteiger partial charge >= 0.3 is 0 Å². The van der Waals surface area contributed by atoms with Crippen LogP contribution in [-0.2, 0) is 0 Å². The van der Waals surface area contributed by atoms with Crippen molar-refractivity contribution < 1.29 is 0 Å². The summed E-state index contributed by atoms with van der Waals surface area (Å²) in [4.78, 5) is 0. The number of rotatable bonds is 4. The normalized spacial score (nSPS) is 32.9.